The number of aromatic nitrogens is 2. The Morgan fingerprint density at radius 3 is 2.40 bits per heavy atom. The molecule has 1 aliphatic rings. The number of amides is 1. The zero-order valence-electron chi connectivity index (χ0n) is 17.1. The summed E-state index contributed by atoms with van der Waals surface area (Å²) >= 11 is 0. The third-order valence-corrected chi connectivity index (χ3v) is 6.62. The maximum atomic E-state index is 13.1. The minimum atomic E-state index is -3.30. The number of benzene rings is 1. The molecule has 9 heteroatoms. The minimum Gasteiger partial charge on any atom is -0.411 e. The predicted molar refractivity (Wildman–Crippen MR) is 114 cm³/mol. The minimum absolute atomic E-state index is 0.205. The molecule has 30 heavy (non-hydrogen) atoms. The molecule has 1 fully saturated rings. The molecule has 0 radical (unpaired) electrons. The van der Waals surface area contributed by atoms with Crippen molar-refractivity contribution in [3.05, 3.63) is 47.9 Å². The number of hydrogen-bond donors (Lipinski definition) is 2. The van der Waals surface area contributed by atoms with E-state index in [4.69, 9.17) is 5.21 Å². The van der Waals surface area contributed by atoms with Crippen molar-refractivity contribution in [1.29, 1.82) is 0 Å². The Morgan fingerprint density at radius 1 is 1.20 bits per heavy atom. The van der Waals surface area contributed by atoms with Crippen LogP contribution in [0.25, 0.3) is 0 Å². The highest BCUT2D eigenvalue weighted by Gasteiger charge is 2.27. The van der Waals surface area contributed by atoms with Gasteiger partial charge in [-0.3, -0.25) is 4.79 Å². The van der Waals surface area contributed by atoms with Crippen molar-refractivity contribution in [3.8, 4) is 0 Å². The maximum absolute atomic E-state index is 13.1. The van der Waals surface area contributed by atoms with Crippen molar-refractivity contribution < 1.29 is 18.4 Å². The molecule has 1 amide bonds. The van der Waals surface area contributed by atoms with E-state index < -0.39 is 15.8 Å². The second-order valence-electron chi connectivity index (χ2n) is 7.74. The fourth-order valence-electron chi connectivity index (χ4n) is 3.77. The van der Waals surface area contributed by atoms with Gasteiger partial charge in [-0.25, -0.2) is 18.4 Å². The molecule has 1 unspecified atom stereocenters. The lowest BCUT2D eigenvalue weighted by molar-refractivity contribution is -0.118. The molecule has 1 aromatic carbocycles. The smallest absolute Gasteiger partial charge is 0.233 e. The topological polar surface area (TPSA) is 122 Å². The summed E-state index contributed by atoms with van der Waals surface area (Å²) in [5.41, 5.74) is 1.51. The van der Waals surface area contributed by atoms with Gasteiger partial charge in [-0.15, -0.1) is 0 Å². The molecule has 1 heterocycles. The highest BCUT2D eigenvalue weighted by Crippen LogP contribution is 2.35. The summed E-state index contributed by atoms with van der Waals surface area (Å²) < 4.78 is 23.5. The number of oxime groups is 1. The van der Waals surface area contributed by atoms with Gasteiger partial charge >= 0.3 is 0 Å². The molecule has 1 aliphatic carbocycles. The second kappa shape index (κ2) is 9.34. The van der Waals surface area contributed by atoms with Gasteiger partial charge in [0.25, 0.3) is 0 Å². The third kappa shape index (κ3) is 5.41. The Labute approximate surface area is 176 Å². The fourth-order valence-corrected chi connectivity index (χ4v) is 4.40. The molecule has 0 aliphatic heterocycles. The molecular formula is C21H26N4O4S. The van der Waals surface area contributed by atoms with Crippen LogP contribution >= 0.6 is 0 Å². The van der Waals surface area contributed by atoms with Crippen molar-refractivity contribution in [3.63, 3.8) is 0 Å². The predicted octanol–water partition coefficient (Wildman–Crippen LogP) is 3.38. The molecule has 1 saturated carbocycles. The summed E-state index contributed by atoms with van der Waals surface area (Å²) in [6.07, 6.45) is 9.25. The van der Waals surface area contributed by atoms with Gasteiger partial charge in [0, 0.05) is 6.26 Å². The molecule has 0 spiro atoms. The Morgan fingerprint density at radius 2 is 1.87 bits per heavy atom. The van der Waals surface area contributed by atoms with Crippen LogP contribution in [-0.4, -0.2) is 41.5 Å². The van der Waals surface area contributed by atoms with Gasteiger partial charge < -0.3 is 10.5 Å². The van der Waals surface area contributed by atoms with E-state index in [1.165, 1.54) is 25.2 Å². The first-order valence-electron chi connectivity index (χ1n) is 9.90. The summed E-state index contributed by atoms with van der Waals surface area (Å²) in [5.74, 6) is 0.151. The van der Waals surface area contributed by atoms with Crippen molar-refractivity contribution >= 4 is 27.3 Å². The van der Waals surface area contributed by atoms with Gasteiger partial charge in [-0.05, 0) is 37.0 Å². The van der Waals surface area contributed by atoms with Crippen LogP contribution in [0.2, 0.25) is 0 Å². The van der Waals surface area contributed by atoms with E-state index in [1.807, 2.05) is 0 Å². The summed E-state index contributed by atoms with van der Waals surface area (Å²) in [6, 6.07) is 6.52. The van der Waals surface area contributed by atoms with Crippen LogP contribution in [0, 0.1) is 5.92 Å². The van der Waals surface area contributed by atoms with Crippen molar-refractivity contribution in [1.82, 2.24) is 9.97 Å². The Balaban J connectivity index is 1.81. The normalized spacial score (nSPS) is 16.4. The first-order chi connectivity index (χ1) is 14.3. The average molecular weight is 431 g/mol. The van der Waals surface area contributed by atoms with E-state index >= 15 is 0 Å². The molecule has 8 nitrogen and oxygen atoms in total. The number of nitrogens with one attached hydrogen (secondary N) is 1. The van der Waals surface area contributed by atoms with Crippen LogP contribution in [0.5, 0.6) is 0 Å². The standard InChI is InChI=1S/C21H26N4O4S/c1-14(25-27)19-12-23-20(13-22-19)24-21(26)18(11-15-5-3-4-6-15)16-7-9-17(10-8-16)30(2,28)29/h7-10,12-13,15,18,27H,3-6,11H2,1-2H3,(H,23,24,26)/b25-14+. The van der Waals surface area contributed by atoms with Crippen LogP contribution in [0.15, 0.2) is 46.7 Å². The second-order valence-corrected chi connectivity index (χ2v) is 9.76. The molecule has 2 aromatic rings. The van der Waals surface area contributed by atoms with Crippen molar-refractivity contribution in [2.75, 3.05) is 11.6 Å². The highest BCUT2D eigenvalue weighted by molar-refractivity contribution is 7.90. The van der Waals surface area contributed by atoms with Gasteiger partial charge in [0.1, 0.15) is 11.4 Å². The number of hydrogen-bond acceptors (Lipinski definition) is 7. The number of carbonyl (C=O) groups is 1. The highest BCUT2D eigenvalue weighted by atomic mass is 32.2. The SMILES string of the molecule is C/C(=N\O)c1cnc(NC(=O)C(CC2CCCC2)c2ccc(S(C)(=O)=O)cc2)cn1. The van der Waals surface area contributed by atoms with E-state index in [0.717, 1.165) is 24.7 Å². The summed E-state index contributed by atoms with van der Waals surface area (Å²) in [7, 11) is -3.30. The average Bonchev–Trinajstić information content (AvgIpc) is 3.25. The molecule has 3 rings (SSSR count). The zero-order valence-corrected chi connectivity index (χ0v) is 17.9. The van der Waals surface area contributed by atoms with E-state index in [0.29, 0.717) is 29.6 Å². The Kier molecular flexibility index (Phi) is 6.81. The van der Waals surface area contributed by atoms with Gasteiger partial charge in [-0.2, -0.15) is 0 Å². The monoisotopic (exact) mass is 430 g/mol. The Hall–Kier alpha value is -2.81. The number of nitrogens with zero attached hydrogens (tertiary/aromatic N) is 3. The quantitative estimate of drug-likeness (QED) is 0.394. The lowest BCUT2D eigenvalue weighted by Gasteiger charge is -2.20. The van der Waals surface area contributed by atoms with Gasteiger partial charge in [0.15, 0.2) is 15.7 Å². The van der Waals surface area contributed by atoms with Gasteiger partial charge in [0.05, 0.1) is 23.2 Å². The molecule has 1 atom stereocenters. The number of anilines is 1. The van der Waals surface area contributed by atoms with E-state index in [2.05, 4.69) is 20.4 Å². The molecular weight excluding hydrogens is 404 g/mol. The first kappa shape index (κ1) is 21.9. The van der Waals surface area contributed by atoms with Crippen LogP contribution in [0.4, 0.5) is 5.82 Å². The molecule has 1 aromatic heterocycles. The first-order valence-corrected chi connectivity index (χ1v) is 11.8. The van der Waals surface area contributed by atoms with Crippen LogP contribution in [0.3, 0.4) is 0 Å². The molecule has 2 N–H and O–H groups in total. The largest absolute Gasteiger partial charge is 0.411 e. The molecule has 160 valence electrons. The van der Waals surface area contributed by atoms with Crippen molar-refractivity contribution in [2.24, 2.45) is 11.1 Å². The van der Waals surface area contributed by atoms with Crippen LogP contribution < -0.4 is 5.32 Å². The summed E-state index contributed by atoms with van der Waals surface area (Å²) in [5, 5.41) is 14.7. The number of rotatable bonds is 7. The summed E-state index contributed by atoms with van der Waals surface area (Å²) in [6.45, 7) is 1.60. The van der Waals surface area contributed by atoms with Crippen LogP contribution in [0.1, 0.15) is 56.2 Å². The molecule has 0 saturated heterocycles. The fraction of sp³-hybridized carbons (Fsp3) is 0.429. The van der Waals surface area contributed by atoms with E-state index in [9.17, 15) is 13.2 Å². The van der Waals surface area contributed by atoms with Gasteiger partial charge in [-0.1, -0.05) is 43.0 Å². The molecule has 0 bridgehead atoms. The third-order valence-electron chi connectivity index (χ3n) is 5.49. The Bertz CT molecular complexity index is 1010. The van der Waals surface area contributed by atoms with E-state index in [1.54, 1.807) is 31.2 Å². The van der Waals surface area contributed by atoms with Crippen LogP contribution in [-0.2, 0) is 14.6 Å². The van der Waals surface area contributed by atoms with Gasteiger partial charge in [0.2, 0.25) is 5.91 Å². The van der Waals surface area contributed by atoms with E-state index in [-0.39, 0.29) is 10.8 Å². The van der Waals surface area contributed by atoms with Crippen molar-refractivity contribution in [2.45, 2.75) is 49.8 Å². The number of sulfone groups is 1. The lowest BCUT2D eigenvalue weighted by Crippen LogP contribution is -2.24. The zero-order chi connectivity index (χ0) is 21.7. The summed E-state index contributed by atoms with van der Waals surface area (Å²) in [4.78, 5) is 21.6. The maximum Gasteiger partial charge on any atom is 0.233 e. The number of carbonyl (C=O) groups excluding carboxylic acids is 1. The lowest BCUT2D eigenvalue weighted by atomic mass is 9.87.